The van der Waals surface area contributed by atoms with Crippen LogP contribution >= 0.6 is 22.7 Å². The van der Waals surface area contributed by atoms with Crippen LogP contribution < -0.4 is 5.32 Å². The minimum absolute atomic E-state index is 0.0201. The van der Waals surface area contributed by atoms with E-state index in [4.69, 9.17) is 0 Å². The molecule has 20 heavy (non-hydrogen) atoms. The van der Waals surface area contributed by atoms with Crippen molar-refractivity contribution in [2.75, 3.05) is 0 Å². The van der Waals surface area contributed by atoms with Gasteiger partial charge in [-0.25, -0.2) is 0 Å². The third-order valence-electron chi connectivity index (χ3n) is 3.78. The number of nitrogens with one attached hydrogen (secondary N) is 1. The molecule has 2 aromatic rings. The number of rotatable bonds is 4. The Morgan fingerprint density at radius 3 is 2.85 bits per heavy atom. The van der Waals surface area contributed by atoms with E-state index in [2.05, 4.69) is 41.4 Å². The van der Waals surface area contributed by atoms with Gasteiger partial charge in [-0.1, -0.05) is 13.0 Å². The molecule has 1 aliphatic rings. The highest BCUT2D eigenvalue weighted by molar-refractivity contribution is 7.10. The second kappa shape index (κ2) is 5.68. The van der Waals surface area contributed by atoms with Gasteiger partial charge in [-0.15, -0.1) is 11.3 Å². The van der Waals surface area contributed by atoms with Crippen LogP contribution in [-0.2, 0) is 11.3 Å². The lowest BCUT2D eigenvalue weighted by atomic mass is 10.2. The third kappa shape index (κ3) is 2.41. The van der Waals surface area contributed by atoms with Crippen LogP contribution in [0.3, 0.4) is 0 Å². The molecule has 2 atom stereocenters. The first-order chi connectivity index (χ1) is 9.70. The maximum absolute atomic E-state index is 12.6. The van der Waals surface area contributed by atoms with Crippen molar-refractivity contribution in [1.82, 2.24) is 10.2 Å². The van der Waals surface area contributed by atoms with Gasteiger partial charge in [0.05, 0.1) is 6.04 Å². The largest absolute Gasteiger partial charge is 0.316 e. The van der Waals surface area contributed by atoms with Crippen molar-refractivity contribution in [2.45, 2.75) is 39.0 Å². The maximum Gasteiger partial charge on any atom is 0.241 e. The third-order valence-corrected chi connectivity index (χ3v) is 5.61. The Kier molecular flexibility index (Phi) is 3.92. The molecule has 106 valence electrons. The molecule has 2 unspecified atom stereocenters. The predicted molar refractivity (Wildman–Crippen MR) is 83.9 cm³/mol. The second-order valence-electron chi connectivity index (χ2n) is 5.09. The zero-order valence-electron chi connectivity index (χ0n) is 11.6. The van der Waals surface area contributed by atoms with Crippen molar-refractivity contribution in [3.05, 3.63) is 44.3 Å². The predicted octanol–water partition coefficient (Wildman–Crippen LogP) is 3.53. The normalized spacial score (nSPS) is 22.7. The summed E-state index contributed by atoms with van der Waals surface area (Å²) in [6.45, 7) is 4.86. The molecule has 0 aliphatic carbocycles. The van der Waals surface area contributed by atoms with Gasteiger partial charge in [0.1, 0.15) is 6.17 Å². The van der Waals surface area contributed by atoms with Gasteiger partial charge in [-0.3, -0.25) is 10.1 Å². The number of amides is 1. The summed E-state index contributed by atoms with van der Waals surface area (Å²) in [4.78, 5) is 15.7. The minimum Gasteiger partial charge on any atom is -0.316 e. The lowest BCUT2D eigenvalue weighted by Crippen LogP contribution is -2.30. The summed E-state index contributed by atoms with van der Waals surface area (Å²) >= 11 is 3.40. The van der Waals surface area contributed by atoms with E-state index in [1.807, 2.05) is 11.0 Å². The van der Waals surface area contributed by atoms with Crippen molar-refractivity contribution < 1.29 is 4.79 Å². The molecule has 1 N–H and O–H groups in total. The standard InChI is InChI=1S/C15H18N2OS2/c1-3-12-15(18)17(7-11-9-19-8-10(11)2)14(16-12)13-5-4-6-20-13/h4-6,8-9,12,14,16H,3,7H2,1-2H3. The van der Waals surface area contributed by atoms with E-state index in [0.717, 1.165) is 6.42 Å². The Hall–Kier alpha value is -1.17. The summed E-state index contributed by atoms with van der Waals surface area (Å²) in [5.74, 6) is 0.219. The Morgan fingerprint density at radius 2 is 2.25 bits per heavy atom. The highest BCUT2D eigenvalue weighted by Crippen LogP contribution is 2.31. The SMILES string of the molecule is CCC1NC(c2cccs2)N(Cc2cscc2C)C1=O. The molecule has 2 aromatic heterocycles. The molecule has 1 amide bonds. The second-order valence-corrected chi connectivity index (χ2v) is 6.81. The van der Waals surface area contributed by atoms with E-state index in [1.165, 1.54) is 16.0 Å². The summed E-state index contributed by atoms with van der Waals surface area (Å²) in [6, 6.07) is 4.08. The molecule has 1 saturated heterocycles. The average molecular weight is 306 g/mol. The first-order valence-electron chi connectivity index (χ1n) is 6.82. The molecule has 0 bridgehead atoms. The molecule has 3 nitrogen and oxygen atoms in total. The molecular formula is C15H18N2OS2. The molecular weight excluding hydrogens is 288 g/mol. The van der Waals surface area contributed by atoms with Gasteiger partial charge in [-0.2, -0.15) is 11.3 Å². The number of aryl methyl sites for hydroxylation is 1. The van der Waals surface area contributed by atoms with E-state index in [0.29, 0.717) is 6.54 Å². The summed E-state index contributed by atoms with van der Waals surface area (Å²) in [5, 5.41) is 9.82. The number of hydrogen-bond acceptors (Lipinski definition) is 4. The topological polar surface area (TPSA) is 32.3 Å². The zero-order chi connectivity index (χ0) is 14.1. The summed E-state index contributed by atoms with van der Waals surface area (Å²) in [7, 11) is 0. The van der Waals surface area contributed by atoms with Crippen LogP contribution in [-0.4, -0.2) is 16.8 Å². The molecule has 3 rings (SSSR count). The highest BCUT2D eigenvalue weighted by Gasteiger charge is 2.39. The number of nitrogens with zero attached hydrogens (tertiary/aromatic N) is 1. The van der Waals surface area contributed by atoms with Crippen LogP contribution in [0.1, 0.15) is 35.5 Å². The molecule has 0 aromatic carbocycles. The molecule has 1 fully saturated rings. The maximum atomic E-state index is 12.6. The van der Waals surface area contributed by atoms with Crippen LogP contribution in [0.25, 0.3) is 0 Å². The fourth-order valence-corrected chi connectivity index (χ4v) is 4.20. The van der Waals surface area contributed by atoms with Crippen molar-refractivity contribution in [1.29, 1.82) is 0 Å². The minimum atomic E-state index is -0.0546. The van der Waals surface area contributed by atoms with Gasteiger partial charge in [0.25, 0.3) is 0 Å². The number of thiophene rings is 2. The van der Waals surface area contributed by atoms with Gasteiger partial charge in [0, 0.05) is 11.4 Å². The van der Waals surface area contributed by atoms with E-state index >= 15 is 0 Å². The zero-order valence-corrected chi connectivity index (χ0v) is 13.3. The van der Waals surface area contributed by atoms with E-state index in [-0.39, 0.29) is 18.1 Å². The molecule has 0 spiro atoms. The number of hydrogen-bond donors (Lipinski definition) is 1. The van der Waals surface area contributed by atoms with E-state index < -0.39 is 0 Å². The molecule has 0 radical (unpaired) electrons. The Balaban J connectivity index is 1.88. The molecule has 3 heterocycles. The van der Waals surface area contributed by atoms with Gasteiger partial charge >= 0.3 is 0 Å². The summed E-state index contributed by atoms with van der Waals surface area (Å²) < 4.78 is 0. The fourth-order valence-electron chi connectivity index (χ4n) is 2.56. The van der Waals surface area contributed by atoms with E-state index in [9.17, 15) is 4.79 Å². The quantitative estimate of drug-likeness (QED) is 0.937. The van der Waals surface area contributed by atoms with Crippen molar-refractivity contribution in [3.8, 4) is 0 Å². The van der Waals surface area contributed by atoms with Gasteiger partial charge in [-0.05, 0) is 46.7 Å². The van der Waals surface area contributed by atoms with Crippen molar-refractivity contribution in [2.24, 2.45) is 0 Å². The highest BCUT2D eigenvalue weighted by atomic mass is 32.1. The van der Waals surface area contributed by atoms with Gasteiger partial charge in [0.15, 0.2) is 0 Å². The van der Waals surface area contributed by atoms with Gasteiger partial charge < -0.3 is 4.90 Å². The lowest BCUT2D eigenvalue weighted by Gasteiger charge is -2.23. The smallest absolute Gasteiger partial charge is 0.241 e. The average Bonchev–Trinajstić information content (AvgIpc) is 3.14. The number of carbonyl (C=O) groups is 1. The van der Waals surface area contributed by atoms with Crippen LogP contribution in [0.5, 0.6) is 0 Å². The first-order valence-corrected chi connectivity index (χ1v) is 8.64. The van der Waals surface area contributed by atoms with Crippen LogP contribution in [0.4, 0.5) is 0 Å². The summed E-state index contributed by atoms with van der Waals surface area (Å²) in [5.41, 5.74) is 2.52. The van der Waals surface area contributed by atoms with Crippen LogP contribution in [0, 0.1) is 6.92 Å². The van der Waals surface area contributed by atoms with Gasteiger partial charge in [0.2, 0.25) is 5.91 Å². The monoisotopic (exact) mass is 306 g/mol. The number of carbonyl (C=O) groups excluding carboxylic acids is 1. The molecule has 0 saturated carbocycles. The first kappa shape index (κ1) is 13.8. The van der Waals surface area contributed by atoms with Crippen LogP contribution in [0.15, 0.2) is 28.3 Å². The summed E-state index contributed by atoms with van der Waals surface area (Å²) in [6.07, 6.45) is 0.853. The lowest BCUT2D eigenvalue weighted by molar-refractivity contribution is -0.130. The molecule has 5 heteroatoms. The fraction of sp³-hybridized carbons (Fsp3) is 0.400. The van der Waals surface area contributed by atoms with Crippen molar-refractivity contribution >= 4 is 28.6 Å². The Morgan fingerprint density at radius 1 is 1.40 bits per heavy atom. The Labute approximate surface area is 127 Å². The Bertz CT molecular complexity index is 591. The van der Waals surface area contributed by atoms with Crippen LogP contribution in [0.2, 0.25) is 0 Å². The van der Waals surface area contributed by atoms with Crippen molar-refractivity contribution in [3.63, 3.8) is 0 Å². The molecule has 1 aliphatic heterocycles. The van der Waals surface area contributed by atoms with E-state index in [1.54, 1.807) is 22.7 Å².